The summed E-state index contributed by atoms with van der Waals surface area (Å²) in [5, 5.41) is 20.3. The Kier molecular flexibility index (Phi) is 12.0. The second-order valence-electron chi connectivity index (χ2n) is 10.1. The maximum absolute atomic E-state index is 12.3. The summed E-state index contributed by atoms with van der Waals surface area (Å²) in [4.78, 5) is 24.6. The molecule has 0 aliphatic carbocycles. The standard InChI is InChI=1S/C23H31N7O3S.C4H9NO/c1-18-21(9-14-25-17-31)30(23(10-13-24)11-15-29(4)16-12-23)27-22(18)26-19-5-7-20(8-6-19)34(32,33)28(2)3;1-5(2)3-4-6/h5-9,14,17H,10-12,15-16H2,1-4H3,(H,25,31)(H,26,27);4H,3H2,1-2H3/b14-9-;. The van der Waals surface area contributed by atoms with Crippen LogP contribution < -0.4 is 10.6 Å². The number of hydrogen-bond acceptors (Lipinski definition) is 9. The SMILES string of the molecule is CN(C)CC=O.Cc1c(Nc2ccc(S(=O)(=O)N(C)C)cc2)nn(C2(CC#N)CCN(C)CC2)c1/C=C\NC=O. The number of carbonyl (C=O) groups is 2. The van der Waals surface area contributed by atoms with Crippen molar-refractivity contribution in [3.05, 3.63) is 41.7 Å². The minimum absolute atomic E-state index is 0.202. The molecular weight excluding hydrogens is 532 g/mol. The Morgan fingerprint density at radius 1 is 1.12 bits per heavy atom. The van der Waals surface area contributed by atoms with Crippen molar-refractivity contribution in [2.45, 2.75) is 36.6 Å². The highest BCUT2D eigenvalue weighted by atomic mass is 32.2. The molecule has 3 rings (SSSR count). The van der Waals surface area contributed by atoms with Crippen molar-refractivity contribution in [2.24, 2.45) is 0 Å². The highest BCUT2D eigenvalue weighted by molar-refractivity contribution is 7.89. The van der Waals surface area contributed by atoms with E-state index in [1.807, 2.05) is 30.6 Å². The van der Waals surface area contributed by atoms with E-state index in [2.05, 4.69) is 28.7 Å². The molecule has 12 nitrogen and oxygen atoms in total. The molecule has 218 valence electrons. The molecule has 0 spiro atoms. The van der Waals surface area contributed by atoms with Crippen LogP contribution in [0, 0.1) is 18.3 Å². The minimum atomic E-state index is -3.52. The summed E-state index contributed by atoms with van der Waals surface area (Å²) in [7, 11) is 5.24. The molecule has 1 aromatic carbocycles. The topological polar surface area (TPSA) is 144 Å². The summed E-state index contributed by atoms with van der Waals surface area (Å²) in [6.45, 7) is 4.15. The van der Waals surface area contributed by atoms with Gasteiger partial charge < -0.3 is 25.2 Å². The zero-order valence-corrected chi connectivity index (χ0v) is 24.9. The number of amides is 1. The van der Waals surface area contributed by atoms with Crippen molar-refractivity contribution in [1.82, 2.24) is 29.2 Å². The Hall–Kier alpha value is -3.57. The number of likely N-dealkylation sites (N-methyl/N-ethyl adjacent to an activating group) is 1. The van der Waals surface area contributed by atoms with Gasteiger partial charge in [0.15, 0.2) is 5.82 Å². The zero-order valence-electron chi connectivity index (χ0n) is 24.1. The summed E-state index contributed by atoms with van der Waals surface area (Å²) in [6, 6.07) is 8.82. The summed E-state index contributed by atoms with van der Waals surface area (Å²) >= 11 is 0. The first kappa shape index (κ1) is 32.6. The van der Waals surface area contributed by atoms with Gasteiger partial charge in [0.25, 0.3) is 0 Å². The fourth-order valence-corrected chi connectivity index (χ4v) is 5.11. The largest absolute Gasteiger partial charge is 0.339 e. The molecule has 0 saturated carbocycles. The predicted octanol–water partition coefficient (Wildman–Crippen LogP) is 1.98. The number of nitrogens with one attached hydrogen (secondary N) is 2. The van der Waals surface area contributed by atoms with E-state index in [1.54, 1.807) is 36.5 Å². The Balaban J connectivity index is 0.000000840. The number of benzene rings is 1. The van der Waals surface area contributed by atoms with E-state index in [0.717, 1.165) is 43.5 Å². The number of nitriles is 1. The number of anilines is 2. The summed E-state index contributed by atoms with van der Waals surface area (Å²) < 4.78 is 27.8. The number of aldehydes is 1. The lowest BCUT2D eigenvalue weighted by molar-refractivity contribution is -0.109. The smallest absolute Gasteiger partial charge is 0.242 e. The van der Waals surface area contributed by atoms with Gasteiger partial charge in [0.2, 0.25) is 16.4 Å². The lowest BCUT2D eigenvalue weighted by Gasteiger charge is -2.40. The van der Waals surface area contributed by atoms with Crippen molar-refractivity contribution < 1.29 is 18.0 Å². The number of likely N-dealkylation sites (tertiary alicyclic amines) is 1. The van der Waals surface area contributed by atoms with Crippen LogP contribution in [-0.2, 0) is 25.2 Å². The number of aromatic nitrogens is 2. The van der Waals surface area contributed by atoms with Crippen LogP contribution in [0.25, 0.3) is 6.08 Å². The molecule has 2 heterocycles. The van der Waals surface area contributed by atoms with E-state index in [0.29, 0.717) is 30.9 Å². The lowest BCUT2D eigenvalue weighted by atomic mass is 9.84. The van der Waals surface area contributed by atoms with Gasteiger partial charge in [-0.15, -0.1) is 0 Å². The highest BCUT2D eigenvalue weighted by Crippen LogP contribution is 2.37. The second kappa shape index (κ2) is 14.7. The average molecular weight is 573 g/mol. The van der Waals surface area contributed by atoms with E-state index < -0.39 is 15.6 Å². The fraction of sp³-hybridized carbons (Fsp3) is 0.481. The Morgan fingerprint density at radius 3 is 2.23 bits per heavy atom. The van der Waals surface area contributed by atoms with Crippen molar-refractivity contribution in [2.75, 3.05) is 60.2 Å². The molecule has 0 unspecified atom stereocenters. The molecule has 0 radical (unpaired) electrons. The van der Waals surface area contributed by atoms with E-state index in [4.69, 9.17) is 5.10 Å². The van der Waals surface area contributed by atoms with E-state index >= 15 is 0 Å². The number of hydrogen-bond donors (Lipinski definition) is 2. The molecule has 0 atom stereocenters. The van der Waals surface area contributed by atoms with Crippen LogP contribution in [0.1, 0.15) is 30.5 Å². The molecule has 1 aliphatic heterocycles. The molecule has 0 bridgehead atoms. The summed E-state index contributed by atoms with van der Waals surface area (Å²) in [5.74, 6) is 0.602. The molecule has 40 heavy (non-hydrogen) atoms. The zero-order chi connectivity index (χ0) is 29.9. The molecule has 1 amide bonds. The van der Waals surface area contributed by atoms with E-state index in [-0.39, 0.29) is 4.90 Å². The maximum atomic E-state index is 12.3. The van der Waals surface area contributed by atoms with Crippen molar-refractivity contribution in [3.8, 4) is 6.07 Å². The fourth-order valence-electron chi connectivity index (χ4n) is 4.20. The molecular formula is C27H40N8O4S. The maximum Gasteiger partial charge on any atom is 0.242 e. The second-order valence-corrected chi connectivity index (χ2v) is 12.3. The normalized spacial score (nSPS) is 15.4. The van der Waals surface area contributed by atoms with Crippen molar-refractivity contribution >= 4 is 40.3 Å². The predicted molar refractivity (Wildman–Crippen MR) is 155 cm³/mol. The first-order valence-electron chi connectivity index (χ1n) is 12.8. The Labute approximate surface area is 237 Å². The van der Waals surface area contributed by atoms with Gasteiger partial charge in [0, 0.05) is 44.6 Å². The van der Waals surface area contributed by atoms with E-state index in [9.17, 15) is 23.3 Å². The van der Waals surface area contributed by atoms with Crippen LogP contribution in [-0.4, -0.2) is 99.9 Å². The summed E-state index contributed by atoms with van der Waals surface area (Å²) in [6.07, 6.45) is 6.67. The van der Waals surface area contributed by atoms with Gasteiger partial charge in [-0.2, -0.15) is 10.4 Å². The van der Waals surface area contributed by atoms with Crippen molar-refractivity contribution in [3.63, 3.8) is 0 Å². The van der Waals surface area contributed by atoms with Gasteiger partial charge in [0.05, 0.1) is 35.2 Å². The monoisotopic (exact) mass is 572 g/mol. The van der Waals surface area contributed by atoms with E-state index in [1.165, 1.54) is 18.4 Å². The number of piperidine rings is 1. The molecule has 1 saturated heterocycles. The Morgan fingerprint density at radius 2 is 1.75 bits per heavy atom. The van der Waals surface area contributed by atoms with Crippen LogP contribution in [0.3, 0.4) is 0 Å². The first-order valence-corrected chi connectivity index (χ1v) is 14.3. The van der Waals surface area contributed by atoms with Gasteiger partial charge in [-0.3, -0.25) is 9.48 Å². The minimum Gasteiger partial charge on any atom is -0.339 e. The molecule has 1 aromatic heterocycles. The molecule has 2 N–H and O–H groups in total. The third-order valence-electron chi connectivity index (χ3n) is 6.68. The average Bonchev–Trinajstić information content (AvgIpc) is 3.22. The Bertz CT molecular complexity index is 1300. The third kappa shape index (κ3) is 8.22. The van der Waals surface area contributed by atoms with Gasteiger partial charge >= 0.3 is 0 Å². The summed E-state index contributed by atoms with van der Waals surface area (Å²) in [5.41, 5.74) is 1.87. The molecule has 1 aliphatic rings. The van der Waals surface area contributed by atoms with Crippen molar-refractivity contribution in [1.29, 1.82) is 5.26 Å². The van der Waals surface area contributed by atoms with Gasteiger partial charge in [-0.1, -0.05) is 0 Å². The number of rotatable bonds is 11. The van der Waals surface area contributed by atoms with Gasteiger partial charge in [-0.25, -0.2) is 12.7 Å². The van der Waals surface area contributed by atoms with Crippen LogP contribution >= 0.6 is 0 Å². The van der Waals surface area contributed by atoms with Gasteiger partial charge in [0.1, 0.15) is 6.29 Å². The highest BCUT2D eigenvalue weighted by Gasteiger charge is 2.38. The first-order chi connectivity index (χ1) is 18.9. The molecule has 2 aromatic rings. The van der Waals surface area contributed by atoms with Crippen LogP contribution in [0.5, 0.6) is 0 Å². The van der Waals surface area contributed by atoms with Crippen LogP contribution in [0.2, 0.25) is 0 Å². The quantitative estimate of drug-likeness (QED) is 0.386. The number of sulfonamides is 1. The lowest BCUT2D eigenvalue weighted by Crippen LogP contribution is -2.45. The van der Waals surface area contributed by atoms with Crippen LogP contribution in [0.15, 0.2) is 35.4 Å². The molecule has 1 fully saturated rings. The number of carbonyl (C=O) groups excluding carboxylic acids is 2. The number of nitrogens with zero attached hydrogens (tertiary/aromatic N) is 6. The third-order valence-corrected chi connectivity index (χ3v) is 8.51. The van der Waals surface area contributed by atoms with Gasteiger partial charge in [-0.05, 0) is 71.2 Å². The molecule has 13 heteroatoms. The van der Waals surface area contributed by atoms with Crippen LogP contribution in [0.4, 0.5) is 11.5 Å².